The molecule has 6 heteroatoms. The van der Waals surface area contributed by atoms with Gasteiger partial charge in [0.05, 0.1) is 6.10 Å². The number of carbonyl (C=O) groups excluding carboxylic acids is 1. The molecule has 0 spiro atoms. The van der Waals surface area contributed by atoms with Crippen molar-refractivity contribution in [1.29, 1.82) is 0 Å². The third-order valence-corrected chi connectivity index (χ3v) is 1.91. The fourth-order valence-electron chi connectivity index (χ4n) is 0.701. The summed E-state index contributed by atoms with van der Waals surface area (Å²) in [5.41, 5.74) is -1.28. The van der Waals surface area contributed by atoms with Gasteiger partial charge in [-0.05, 0) is 20.8 Å². The fraction of sp³-hybridized carbons (Fsp3) is 0.778. The number of hydrogen-bond acceptors (Lipinski definition) is 3. The predicted molar refractivity (Wildman–Crippen MR) is 54.7 cm³/mol. The second kappa shape index (κ2) is 5.55. The molecule has 0 aliphatic heterocycles. The highest BCUT2D eigenvalue weighted by atomic mass is 16.5. The van der Waals surface area contributed by atoms with E-state index >= 15 is 0 Å². The lowest BCUT2D eigenvalue weighted by Crippen LogP contribution is -2.53. The van der Waals surface area contributed by atoms with Crippen molar-refractivity contribution in [2.75, 3.05) is 13.7 Å². The van der Waals surface area contributed by atoms with E-state index in [0.717, 1.165) is 0 Å². The van der Waals surface area contributed by atoms with Crippen molar-refractivity contribution in [1.82, 2.24) is 10.6 Å². The molecule has 0 saturated heterocycles. The molecular formula is C9H18N2O4. The highest BCUT2D eigenvalue weighted by Gasteiger charge is 2.28. The first kappa shape index (κ1) is 13.7. The van der Waals surface area contributed by atoms with Gasteiger partial charge in [-0.3, -0.25) is 0 Å². The number of nitrogens with one attached hydrogen (secondary N) is 2. The zero-order valence-corrected chi connectivity index (χ0v) is 9.46. The summed E-state index contributed by atoms with van der Waals surface area (Å²) in [5, 5.41) is 13.6. The number of methoxy groups -OCH3 is 1. The molecule has 0 rings (SSSR count). The van der Waals surface area contributed by atoms with Gasteiger partial charge in [0.25, 0.3) is 0 Å². The van der Waals surface area contributed by atoms with Crippen molar-refractivity contribution in [2.45, 2.75) is 32.4 Å². The van der Waals surface area contributed by atoms with Gasteiger partial charge in [-0.2, -0.15) is 0 Å². The molecule has 6 nitrogen and oxygen atoms in total. The molecule has 0 fully saturated rings. The summed E-state index contributed by atoms with van der Waals surface area (Å²) in [6.07, 6.45) is -0.108. The summed E-state index contributed by atoms with van der Waals surface area (Å²) in [7, 11) is 1.53. The molecule has 0 aliphatic carbocycles. The standard InChI is InChI=1S/C9H18N2O4/c1-6(15-4)5-10-8(14)11-9(2,3)7(12)13/h6H,5H2,1-4H3,(H,12,13)(H2,10,11,14). The van der Waals surface area contributed by atoms with Crippen LogP contribution in [-0.2, 0) is 9.53 Å². The number of hydrogen-bond donors (Lipinski definition) is 3. The lowest BCUT2D eigenvalue weighted by molar-refractivity contribution is -0.142. The van der Waals surface area contributed by atoms with E-state index in [1.165, 1.54) is 21.0 Å². The van der Waals surface area contributed by atoms with E-state index in [4.69, 9.17) is 9.84 Å². The Morgan fingerprint density at radius 3 is 2.40 bits per heavy atom. The summed E-state index contributed by atoms with van der Waals surface area (Å²) in [6, 6.07) is -0.522. The van der Waals surface area contributed by atoms with Crippen LogP contribution >= 0.6 is 0 Å². The van der Waals surface area contributed by atoms with E-state index in [1.807, 2.05) is 0 Å². The molecule has 0 aromatic rings. The first-order chi connectivity index (χ1) is 6.79. The van der Waals surface area contributed by atoms with E-state index in [-0.39, 0.29) is 6.10 Å². The number of rotatable bonds is 5. The third-order valence-electron chi connectivity index (χ3n) is 1.91. The summed E-state index contributed by atoms with van der Waals surface area (Å²) < 4.78 is 4.92. The van der Waals surface area contributed by atoms with Crippen molar-refractivity contribution in [3.05, 3.63) is 0 Å². The number of carbonyl (C=O) groups is 2. The monoisotopic (exact) mass is 218 g/mol. The minimum absolute atomic E-state index is 0.108. The van der Waals surface area contributed by atoms with Crippen LogP contribution in [0.25, 0.3) is 0 Å². The van der Waals surface area contributed by atoms with Crippen LogP contribution in [0.15, 0.2) is 0 Å². The Hall–Kier alpha value is -1.30. The van der Waals surface area contributed by atoms with Gasteiger partial charge in [0.2, 0.25) is 0 Å². The number of ether oxygens (including phenoxy) is 1. The normalized spacial score (nSPS) is 13.1. The Morgan fingerprint density at radius 1 is 1.47 bits per heavy atom. The van der Waals surface area contributed by atoms with Crippen LogP contribution in [0.3, 0.4) is 0 Å². The Labute approximate surface area is 89.0 Å². The van der Waals surface area contributed by atoms with Crippen LogP contribution in [0.2, 0.25) is 0 Å². The number of amides is 2. The predicted octanol–water partition coefficient (Wildman–Crippen LogP) is 0.184. The molecule has 0 radical (unpaired) electrons. The van der Waals surface area contributed by atoms with Crippen LogP contribution in [0.1, 0.15) is 20.8 Å². The Kier molecular flexibility index (Phi) is 5.07. The van der Waals surface area contributed by atoms with Gasteiger partial charge < -0.3 is 20.5 Å². The second-order valence-electron chi connectivity index (χ2n) is 3.81. The summed E-state index contributed by atoms with van der Waals surface area (Å²) >= 11 is 0. The van der Waals surface area contributed by atoms with Crippen molar-refractivity contribution in [3.8, 4) is 0 Å². The quantitative estimate of drug-likeness (QED) is 0.614. The highest BCUT2D eigenvalue weighted by molar-refractivity contribution is 5.85. The maximum atomic E-state index is 11.2. The minimum Gasteiger partial charge on any atom is -0.480 e. The topological polar surface area (TPSA) is 87.7 Å². The van der Waals surface area contributed by atoms with Gasteiger partial charge in [0, 0.05) is 13.7 Å². The molecule has 88 valence electrons. The number of aliphatic carboxylic acids is 1. The average molecular weight is 218 g/mol. The highest BCUT2D eigenvalue weighted by Crippen LogP contribution is 2.00. The van der Waals surface area contributed by atoms with Crippen LogP contribution in [0.5, 0.6) is 0 Å². The van der Waals surface area contributed by atoms with E-state index < -0.39 is 17.5 Å². The molecular weight excluding hydrogens is 200 g/mol. The molecule has 0 heterocycles. The van der Waals surface area contributed by atoms with Crippen LogP contribution < -0.4 is 10.6 Å². The van der Waals surface area contributed by atoms with E-state index in [1.54, 1.807) is 6.92 Å². The smallest absolute Gasteiger partial charge is 0.328 e. The second-order valence-corrected chi connectivity index (χ2v) is 3.81. The summed E-state index contributed by atoms with van der Waals surface area (Å²) in [5.74, 6) is -1.09. The van der Waals surface area contributed by atoms with Gasteiger partial charge >= 0.3 is 12.0 Å². The molecule has 2 amide bonds. The first-order valence-corrected chi connectivity index (χ1v) is 4.61. The van der Waals surface area contributed by atoms with Crippen molar-refractivity contribution < 1.29 is 19.4 Å². The molecule has 0 saturated carbocycles. The largest absolute Gasteiger partial charge is 0.480 e. The number of urea groups is 1. The lowest BCUT2D eigenvalue weighted by Gasteiger charge is -2.21. The Balaban J connectivity index is 3.99. The van der Waals surface area contributed by atoms with Crippen LogP contribution in [0.4, 0.5) is 4.79 Å². The van der Waals surface area contributed by atoms with E-state index in [0.29, 0.717) is 6.54 Å². The maximum absolute atomic E-state index is 11.2. The van der Waals surface area contributed by atoms with Gasteiger partial charge in [0.1, 0.15) is 5.54 Å². The fourth-order valence-corrected chi connectivity index (χ4v) is 0.701. The molecule has 1 unspecified atom stereocenters. The molecule has 15 heavy (non-hydrogen) atoms. The molecule has 0 aliphatic rings. The number of carboxylic acid groups (broad SMARTS) is 1. The molecule has 1 atom stereocenters. The van der Waals surface area contributed by atoms with Crippen molar-refractivity contribution in [2.24, 2.45) is 0 Å². The lowest BCUT2D eigenvalue weighted by atomic mass is 10.1. The first-order valence-electron chi connectivity index (χ1n) is 4.61. The van der Waals surface area contributed by atoms with E-state index in [9.17, 15) is 9.59 Å². The van der Waals surface area contributed by atoms with Gasteiger partial charge in [-0.25, -0.2) is 9.59 Å². The zero-order chi connectivity index (χ0) is 12.1. The number of carboxylic acids is 1. The minimum atomic E-state index is -1.28. The molecule has 0 aromatic carbocycles. The maximum Gasteiger partial charge on any atom is 0.328 e. The third kappa shape index (κ3) is 5.21. The van der Waals surface area contributed by atoms with Gasteiger partial charge in [-0.15, -0.1) is 0 Å². The summed E-state index contributed by atoms with van der Waals surface area (Å²) in [4.78, 5) is 21.9. The van der Waals surface area contributed by atoms with Gasteiger partial charge in [0.15, 0.2) is 0 Å². The van der Waals surface area contributed by atoms with Crippen LogP contribution in [-0.4, -0.2) is 42.4 Å². The zero-order valence-electron chi connectivity index (χ0n) is 9.46. The molecule has 0 bridgehead atoms. The summed E-state index contributed by atoms with van der Waals surface area (Å²) in [6.45, 7) is 4.95. The SMILES string of the molecule is COC(C)CNC(=O)NC(C)(C)C(=O)O. The van der Waals surface area contributed by atoms with E-state index in [2.05, 4.69) is 10.6 Å². The van der Waals surface area contributed by atoms with Gasteiger partial charge in [-0.1, -0.05) is 0 Å². The Bertz CT molecular complexity index is 240. The Morgan fingerprint density at radius 2 is 2.00 bits per heavy atom. The van der Waals surface area contributed by atoms with Crippen molar-refractivity contribution in [3.63, 3.8) is 0 Å². The van der Waals surface area contributed by atoms with Crippen molar-refractivity contribution >= 4 is 12.0 Å². The van der Waals surface area contributed by atoms with Crippen LogP contribution in [0, 0.1) is 0 Å². The molecule has 3 N–H and O–H groups in total. The average Bonchev–Trinajstić information content (AvgIpc) is 2.13. The molecule has 0 aromatic heterocycles.